The highest BCUT2D eigenvalue weighted by Crippen LogP contribution is 2.14. The van der Waals surface area contributed by atoms with Gasteiger partial charge in [0.1, 0.15) is 10.3 Å². The maximum Gasteiger partial charge on any atom is 0.272 e. The molecule has 2 rings (SSSR count). The lowest BCUT2D eigenvalue weighted by Crippen LogP contribution is -2.17. The van der Waals surface area contributed by atoms with Crippen LogP contribution in [-0.2, 0) is 0 Å². The third-order valence-electron chi connectivity index (χ3n) is 2.55. The molecule has 2 aromatic rings. The first kappa shape index (κ1) is 12.8. The molecule has 2 heterocycles. The van der Waals surface area contributed by atoms with E-state index in [-0.39, 0.29) is 11.9 Å². The molecular weight excluding hydrogens is 294 g/mol. The van der Waals surface area contributed by atoms with Gasteiger partial charge in [-0.25, -0.2) is 4.98 Å². The lowest BCUT2D eigenvalue weighted by atomic mass is 10.3. The maximum absolute atomic E-state index is 12.1. The number of carbonyl (C=O) groups is 1. The second-order valence-electron chi connectivity index (χ2n) is 4.22. The zero-order valence-electron chi connectivity index (χ0n) is 10.2. The minimum atomic E-state index is -0.127. The Bertz CT molecular complexity index is 546. The van der Waals surface area contributed by atoms with Crippen molar-refractivity contribution < 1.29 is 4.79 Å². The minimum absolute atomic E-state index is 0.127. The van der Waals surface area contributed by atoms with Gasteiger partial charge in [0.05, 0.1) is 11.9 Å². The first-order chi connectivity index (χ1) is 8.58. The lowest BCUT2D eigenvalue weighted by Gasteiger charge is -2.12. The molecule has 0 bridgehead atoms. The number of nitrogens with one attached hydrogen (secondary N) is 1. The van der Waals surface area contributed by atoms with Crippen molar-refractivity contribution in [2.24, 2.45) is 0 Å². The van der Waals surface area contributed by atoms with Crippen molar-refractivity contribution in [2.45, 2.75) is 19.9 Å². The number of hydrogen-bond acceptors (Lipinski definition) is 2. The molecule has 18 heavy (non-hydrogen) atoms. The highest BCUT2D eigenvalue weighted by Gasteiger charge is 2.12. The van der Waals surface area contributed by atoms with Crippen molar-refractivity contribution in [1.29, 1.82) is 0 Å². The fraction of sp³-hybridized carbons (Fsp3) is 0.231. The molecule has 0 saturated carbocycles. The Balaban J connectivity index is 2.17. The summed E-state index contributed by atoms with van der Waals surface area (Å²) in [5.41, 5.74) is 1.33. The van der Waals surface area contributed by atoms with Crippen LogP contribution in [-0.4, -0.2) is 15.5 Å². The normalized spacial score (nSPS) is 10.7. The number of nitrogens with zero attached hydrogens (tertiary/aromatic N) is 2. The third-order valence-corrected chi connectivity index (χ3v) is 3.02. The predicted octanol–water partition coefficient (Wildman–Crippen LogP) is 3.48. The van der Waals surface area contributed by atoms with Gasteiger partial charge in [0, 0.05) is 12.2 Å². The number of halogens is 1. The lowest BCUT2D eigenvalue weighted by molar-refractivity contribution is 0.101. The van der Waals surface area contributed by atoms with Crippen LogP contribution in [0, 0.1) is 0 Å². The highest BCUT2D eigenvalue weighted by atomic mass is 79.9. The summed E-state index contributed by atoms with van der Waals surface area (Å²) in [7, 11) is 0. The van der Waals surface area contributed by atoms with E-state index in [4.69, 9.17) is 0 Å². The largest absolute Gasteiger partial charge is 0.341 e. The number of rotatable bonds is 3. The monoisotopic (exact) mass is 307 g/mol. The SMILES string of the molecule is CC(C)n1cccc1C(=O)Nc1ccc(Br)nc1. The first-order valence-electron chi connectivity index (χ1n) is 5.67. The van der Waals surface area contributed by atoms with E-state index < -0.39 is 0 Å². The van der Waals surface area contributed by atoms with Crippen molar-refractivity contribution in [3.63, 3.8) is 0 Å². The molecule has 0 aliphatic carbocycles. The molecule has 1 N–H and O–H groups in total. The van der Waals surface area contributed by atoms with E-state index in [0.717, 1.165) is 4.60 Å². The Morgan fingerprint density at radius 2 is 2.17 bits per heavy atom. The summed E-state index contributed by atoms with van der Waals surface area (Å²) < 4.78 is 2.67. The Morgan fingerprint density at radius 1 is 1.39 bits per heavy atom. The van der Waals surface area contributed by atoms with Crippen LogP contribution in [0.4, 0.5) is 5.69 Å². The Labute approximate surface area is 114 Å². The average molecular weight is 308 g/mol. The molecule has 0 aliphatic heterocycles. The molecule has 0 aliphatic rings. The fourth-order valence-electron chi connectivity index (χ4n) is 1.68. The minimum Gasteiger partial charge on any atom is -0.341 e. The fourth-order valence-corrected chi connectivity index (χ4v) is 1.92. The van der Waals surface area contributed by atoms with E-state index in [2.05, 4.69) is 26.2 Å². The van der Waals surface area contributed by atoms with Crippen molar-refractivity contribution in [3.8, 4) is 0 Å². The third kappa shape index (κ3) is 2.79. The van der Waals surface area contributed by atoms with E-state index in [1.54, 1.807) is 18.3 Å². The molecule has 0 saturated heterocycles. The van der Waals surface area contributed by atoms with Crippen molar-refractivity contribution in [2.75, 3.05) is 5.32 Å². The van der Waals surface area contributed by atoms with E-state index in [0.29, 0.717) is 11.4 Å². The molecule has 4 nitrogen and oxygen atoms in total. The standard InChI is InChI=1S/C13H14BrN3O/c1-9(2)17-7-3-4-11(17)13(18)16-10-5-6-12(14)15-8-10/h3-9H,1-2H3,(H,16,18). The van der Waals surface area contributed by atoms with Gasteiger partial charge in [-0.05, 0) is 54.0 Å². The van der Waals surface area contributed by atoms with Crippen molar-refractivity contribution in [3.05, 3.63) is 47.0 Å². The van der Waals surface area contributed by atoms with Crippen LogP contribution in [0.3, 0.4) is 0 Å². The number of aromatic nitrogens is 2. The molecule has 94 valence electrons. The van der Waals surface area contributed by atoms with Crippen molar-refractivity contribution in [1.82, 2.24) is 9.55 Å². The van der Waals surface area contributed by atoms with Crippen molar-refractivity contribution >= 4 is 27.5 Å². The van der Waals surface area contributed by atoms with Gasteiger partial charge in [-0.2, -0.15) is 0 Å². The summed E-state index contributed by atoms with van der Waals surface area (Å²) >= 11 is 3.25. The molecule has 0 aromatic carbocycles. The molecule has 0 radical (unpaired) electrons. The quantitative estimate of drug-likeness (QED) is 0.883. The van der Waals surface area contributed by atoms with Gasteiger partial charge < -0.3 is 9.88 Å². The van der Waals surface area contributed by atoms with E-state index in [1.165, 1.54) is 0 Å². The van der Waals surface area contributed by atoms with Crippen LogP contribution < -0.4 is 5.32 Å². The topological polar surface area (TPSA) is 46.9 Å². The Hall–Kier alpha value is -1.62. The molecule has 1 amide bonds. The van der Waals surface area contributed by atoms with Crippen LogP contribution in [0.5, 0.6) is 0 Å². The Morgan fingerprint density at radius 3 is 2.78 bits per heavy atom. The predicted molar refractivity (Wildman–Crippen MR) is 74.7 cm³/mol. The number of hydrogen-bond donors (Lipinski definition) is 1. The van der Waals surface area contributed by atoms with Crippen LogP contribution in [0.25, 0.3) is 0 Å². The number of amides is 1. The summed E-state index contributed by atoms with van der Waals surface area (Å²) in [5.74, 6) is -0.127. The van der Waals surface area contributed by atoms with Gasteiger partial charge in [0.15, 0.2) is 0 Å². The molecule has 2 aromatic heterocycles. The molecule has 0 fully saturated rings. The second kappa shape index (κ2) is 5.35. The van der Waals surface area contributed by atoms with Crippen LogP contribution in [0.2, 0.25) is 0 Å². The van der Waals surface area contributed by atoms with Crippen LogP contribution in [0.1, 0.15) is 30.4 Å². The van der Waals surface area contributed by atoms with Gasteiger partial charge >= 0.3 is 0 Å². The van der Waals surface area contributed by atoms with Crippen LogP contribution >= 0.6 is 15.9 Å². The van der Waals surface area contributed by atoms with Gasteiger partial charge in [-0.1, -0.05) is 0 Å². The van der Waals surface area contributed by atoms with Gasteiger partial charge in [0.25, 0.3) is 5.91 Å². The van der Waals surface area contributed by atoms with Crippen LogP contribution in [0.15, 0.2) is 41.3 Å². The first-order valence-corrected chi connectivity index (χ1v) is 6.47. The van der Waals surface area contributed by atoms with E-state index in [1.807, 2.05) is 36.7 Å². The van der Waals surface area contributed by atoms with Gasteiger partial charge in [-0.3, -0.25) is 4.79 Å². The van der Waals surface area contributed by atoms with Gasteiger partial charge in [0.2, 0.25) is 0 Å². The zero-order valence-corrected chi connectivity index (χ0v) is 11.8. The summed E-state index contributed by atoms with van der Waals surface area (Å²) in [5, 5.41) is 2.82. The number of anilines is 1. The summed E-state index contributed by atoms with van der Waals surface area (Å²) in [6.45, 7) is 4.08. The smallest absolute Gasteiger partial charge is 0.272 e. The Kier molecular flexibility index (Phi) is 3.81. The summed E-state index contributed by atoms with van der Waals surface area (Å²) in [4.78, 5) is 16.2. The van der Waals surface area contributed by atoms with E-state index in [9.17, 15) is 4.79 Å². The van der Waals surface area contributed by atoms with Gasteiger partial charge in [-0.15, -0.1) is 0 Å². The molecular formula is C13H14BrN3O. The molecule has 5 heteroatoms. The second-order valence-corrected chi connectivity index (χ2v) is 5.03. The molecule has 0 unspecified atom stereocenters. The highest BCUT2D eigenvalue weighted by molar-refractivity contribution is 9.10. The number of carbonyl (C=O) groups excluding carboxylic acids is 1. The van der Waals surface area contributed by atoms with E-state index >= 15 is 0 Å². The average Bonchev–Trinajstić information content (AvgIpc) is 2.81. The zero-order chi connectivity index (χ0) is 13.1. The molecule has 0 atom stereocenters. The summed E-state index contributed by atoms with van der Waals surface area (Å²) in [6, 6.07) is 7.52. The molecule has 0 spiro atoms. The summed E-state index contributed by atoms with van der Waals surface area (Å²) in [6.07, 6.45) is 3.52. The maximum atomic E-state index is 12.1. The number of pyridine rings is 1.